The van der Waals surface area contributed by atoms with E-state index >= 15 is 0 Å². The number of amides is 1. The minimum atomic E-state index is -3.58. The van der Waals surface area contributed by atoms with E-state index in [2.05, 4.69) is 39.8 Å². The Kier molecular flexibility index (Phi) is 6.83. The molecule has 0 heterocycles. The third-order valence-corrected chi connectivity index (χ3v) is 6.83. The Morgan fingerprint density at radius 1 is 1.21 bits per heavy atom. The summed E-state index contributed by atoms with van der Waals surface area (Å²) in [6, 6.07) is 6.60. The second-order valence-electron chi connectivity index (χ2n) is 6.54. The first-order valence-electron chi connectivity index (χ1n) is 8.34. The van der Waals surface area contributed by atoms with Crippen LogP contribution in [0.4, 0.5) is 0 Å². The number of halogens is 1. The van der Waals surface area contributed by atoms with Crippen molar-refractivity contribution >= 4 is 31.9 Å². The molecule has 0 spiro atoms. The fraction of sp³-hybridized carbons (Fsp3) is 0.588. The molecular formula is C17H25BrN2O3S. The number of benzene rings is 1. The van der Waals surface area contributed by atoms with E-state index < -0.39 is 10.0 Å². The van der Waals surface area contributed by atoms with E-state index in [-0.39, 0.29) is 29.8 Å². The number of hydrogen-bond acceptors (Lipinski definition) is 3. The number of sulfonamides is 1. The minimum Gasteiger partial charge on any atom is -0.353 e. The van der Waals surface area contributed by atoms with Crippen molar-refractivity contribution in [2.45, 2.75) is 50.5 Å². The molecule has 2 N–H and O–H groups in total. The predicted molar refractivity (Wildman–Crippen MR) is 98.1 cm³/mol. The van der Waals surface area contributed by atoms with E-state index in [1.807, 2.05) is 0 Å². The second-order valence-corrected chi connectivity index (χ2v) is 9.23. The molecule has 0 unspecified atom stereocenters. The van der Waals surface area contributed by atoms with Gasteiger partial charge in [-0.05, 0) is 42.5 Å². The van der Waals surface area contributed by atoms with Gasteiger partial charge in [0.05, 0.1) is 4.90 Å². The lowest BCUT2D eigenvalue weighted by molar-refractivity contribution is -0.122. The summed E-state index contributed by atoms with van der Waals surface area (Å²) < 4.78 is 27.6. The van der Waals surface area contributed by atoms with Gasteiger partial charge < -0.3 is 5.32 Å². The average Bonchev–Trinajstić information content (AvgIpc) is 2.52. The van der Waals surface area contributed by atoms with Gasteiger partial charge in [-0.25, -0.2) is 13.1 Å². The molecule has 0 aromatic heterocycles. The standard InChI is InChI=1S/C17H25BrN2O3S/c1-12-4-3-5-16(13(12)2)20-17(21)10-11-19-24(22,23)15-8-6-14(18)7-9-15/h6-9,12-13,16,19H,3-5,10-11H2,1-2H3,(H,20,21)/t12-,13+,16+/m0/s1. The van der Waals surface area contributed by atoms with Crippen LogP contribution in [-0.2, 0) is 14.8 Å². The van der Waals surface area contributed by atoms with Gasteiger partial charge in [-0.3, -0.25) is 4.79 Å². The van der Waals surface area contributed by atoms with Crippen LogP contribution in [0.1, 0.15) is 39.5 Å². The zero-order chi connectivity index (χ0) is 17.7. The quantitative estimate of drug-likeness (QED) is 0.747. The summed E-state index contributed by atoms with van der Waals surface area (Å²) in [5, 5.41) is 3.05. The van der Waals surface area contributed by atoms with Crippen LogP contribution in [0.5, 0.6) is 0 Å². The molecule has 3 atom stereocenters. The van der Waals surface area contributed by atoms with Crippen molar-refractivity contribution in [2.75, 3.05) is 6.54 Å². The number of carbonyl (C=O) groups excluding carboxylic acids is 1. The van der Waals surface area contributed by atoms with Crippen molar-refractivity contribution in [3.05, 3.63) is 28.7 Å². The molecule has 1 fully saturated rings. The topological polar surface area (TPSA) is 75.3 Å². The lowest BCUT2D eigenvalue weighted by Crippen LogP contribution is -2.44. The van der Waals surface area contributed by atoms with E-state index in [1.165, 1.54) is 18.6 Å². The number of carbonyl (C=O) groups is 1. The van der Waals surface area contributed by atoms with E-state index in [1.54, 1.807) is 12.1 Å². The summed E-state index contributed by atoms with van der Waals surface area (Å²) >= 11 is 3.27. The van der Waals surface area contributed by atoms with Crippen molar-refractivity contribution in [3.8, 4) is 0 Å². The van der Waals surface area contributed by atoms with Gasteiger partial charge in [-0.1, -0.05) is 42.6 Å². The predicted octanol–water partition coefficient (Wildman–Crippen LogP) is 3.06. The average molecular weight is 417 g/mol. The monoisotopic (exact) mass is 416 g/mol. The third-order valence-electron chi connectivity index (χ3n) is 4.82. The molecule has 1 amide bonds. The van der Waals surface area contributed by atoms with Crippen molar-refractivity contribution in [2.24, 2.45) is 11.8 Å². The SMILES string of the molecule is C[C@@H]1[C@@H](C)CCC[C@H]1NC(=O)CCNS(=O)(=O)c1ccc(Br)cc1. The smallest absolute Gasteiger partial charge is 0.240 e. The summed E-state index contributed by atoms with van der Waals surface area (Å²) in [4.78, 5) is 12.3. The molecule has 1 aliphatic carbocycles. The molecule has 1 aromatic rings. The summed E-state index contributed by atoms with van der Waals surface area (Å²) in [6.45, 7) is 4.49. The first kappa shape index (κ1) is 19.4. The lowest BCUT2D eigenvalue weighted by Gasteiger charge is -2.34. The molecule has 0 bridgehead atoms. The molecule has 0 radical (unpaired) electrons. The van der Waals surface area contributed by atoms with Crippen LogP contribution in [0.15, 0.2) is 33.6 Å². The Bertz CT molecular complexity index is 661. The van der Waals surface area contributed by atoms with E-state index in [4.69, 9.17) is 0 Å². The molecule has 2 rings (SSSR count). The van der Waals surface area contributed by atoms with Gasteiger partial charge in [0, 0.05) is 23.5 Å². The van der Waals surface area contributed by atoms with Crippen molar-refractivity contribution in [1.82, 2.24) is 10.0 Å². The van der Waals surface area contributed by atoms with Crippen molar-refractivity contribution in [1.29, 1.82) is 0 Å². The highest BCUT2D eigenvalue weighted by Gasteiger charge is 2.28. The maximum Gasteiger partial charge on any atom is 0.240 e. The van der Waals surface area contributed by atoms with Crippen LogP contribution in [-0.4, -0.2) is 26.9 Å². The normalized spacial score (nSPS) is 24.5. The van der Waals surface area contributed by atoms with Gasteiger partial charge in [0.2, 0.25) is 15.9 Å². The number of hydrogen-bond donors (Lipinski definition) is 2. The van der Waals surface area contributed by atoms with Gasteiger partial charge in [0.15, 0.2) is 0 Å². The third kappa shape index (κ3) is 5.29. The van der Waals surface area contributed by atoms with Crippen LogP contribution in [0.2, 0.25) is 0 Å². The fourth-order valence-corrected chi connectivity index (χ4v) is 4.36. The molecule has 7 heteroatoms. The summed E-state index contributed by atoms with van der Waals surface area (Å²) in [6.07, 6.45) is 3.49. The molecule has 0 aliphatic heterocycles. The summed E-state index contributed by atoms with van der Waals surface area (Å²) in [7, 11) is -3.58. The largest absolute Gasteiger partial charge is 0.353 e. The molecule has 1 aliphatic rings. The lowest BCUT2D eigenvalue weighted by atomic mass is 9.78. The molecule has 24 heavy (non-hydrogen) atoms. The summed E-state index contributed by atoms with van der Waals surface area (Å²) in [5.41, 5.74) is 0. The molecule has 1 aromatic carbocycles. The highest BCUT2D eigenvalue weighted by atomic mass is 79.9. The first-order valence-corrected chi connectivity index (χ1v) is 10.6. The highest BCUT2D eigenvalue weighted by molar-refractivity contribution is 9.10. The number of rotatable bonds is 6. The molecular weight excluding hydrogens is 392 g/mol. The van der Waals surface area contributed by atoms with Crippen LogP contribution in [0, 0.1) is 11.8 Å². The molecule has 134 valence electrons. The van der Waals surface area contributed by atoms with E-state index in [0.29, 0.717) is 11.8 Å². The molecule has 0 saturated heterocycles. The van der Waals surface area contributed by atoms with Gasteiger partial charge in [0.1, 0.15) is 0 Å². The minimum absolute atomic E-state index is 0.0977. The van der Waals surface area contributed by atoms with Crippen LogP contribution in [0.25, 0.3) is 0 Å². The Labute approximate surface area is 152 Å². The van der Waals surface area contributed by atoms with Crippen LogP contribution < -0.4 is 10.0 Å². The van der Waals surface area contributed by atoms with Crippen LogP contribution in [0.3, 0.4) is 0 Å². The Morgan fingerprint density at radius 3 is 2.54 bits per heavy atom. The van der Waals surface area contributed by atoms with Crippen molar-refractivity contribution in [3.63, 3.8) is 0 Å². The summed E-state index contributed by atoms with van der Waals surface area (Å²) in [5.74, 6) is 0.974. The highest BCUT2D eigenvalue weighted by Crippen LogP contribution is 2.29. The number of nitrogens with one attached hydrogen (secondary N) is 2. The maximum atomic E-state index is 12.2. The maximum absolute atomic E-state index is 12.2. The van der Waals surface area contributed by atoms with Gasteiger partial charge in [-0.15, -0.1) is 0 Å². The Morgan fingerprint density at radius 2 is 1.88 bits per heavy atom. The van der Waals surface area contributed by atoms with Crippen LogP contribution >= 0.6 is 15.9 Å². The Balaban J connectivity index is 1.80. The van der Waals surface area contributed by atoms with E-state index in [0.717, 1.165) is 17.3 Å². The van der Waals surface area contributed by atoms with Gasteiger partial charge >= 0.3 is 0 Å². The first-order chi connectivity index (χ1) is 11.3. The molecule has 1 saturated carbocycles. The van der Waals surface area contributed by atoms with Gasteiger partial charge in [-0.2, -0.15) is 0 Å². The fourth-order valence-electron chi connectivity index (χ4n) is 3.06. The molecule has 5 nitrogen and oxygen atoms in total. The second kappa shape index (κ2) is 8.45. The van der Waals surface area contributed by atoms with Gasteiger partial charge in [0.25, 0.3) is 0 Å². The zero-order valence-corrected chi connectivity index (χ0v) is 16.5. The van der Waals surface area contributed by atoms with Crippen molar-refractivity contribution < 1.29 is 13.2 Å². The van der Waals surface area contributed by atoms with E-state index in [9.17, 15) is 13.2 Å². The Hall–Kier alpha value is -0.920. The zero-order valence-electron chi connectivity index (χ0n) is 14.1.